The van der Waals surface area contributed by atoms with Gasteiger partial charge in [-0.1, -0.05) is 6.07 Å². The molecule has 3 amide bonds. The van der Waals surface area contributed by atoms with Gasteiger partial charge >= 0.3 is 0 Å². The van der Waals surface area contributed by atoms with Crippen molar-refractivity contribution in [3.63, 3.8) is 0 Å². The molecule has 2 atom stereocenters. The molecule has 10 nitrogen and oxygen atoms in total. The largest absolute Gasteiger partial charge is 0.489 e. The summed E-state index contributed by atoms with van der Waals surface area (Å²) < 4.78 is 11.8. The van der Waals surface area contributed by atoms with Crippen molar-refractivity contribution in [1.82, 2.24) is 25.1 Å². The highest BCUT2D eigenvalue weighted by molar-refractivity contribution is 6.05. The van der Waals surface area contributed by atoms with Gasteiger partial charge < -0.3 is 14.4 Å². The number of nitrogens with zero attached hydrogens (tertiary/aromatic N) is 4. The molecule has 0 unspecified atom stereocenters. The third-order valence-electron chi connectivity index (χ3n) is 8.68. The molecule has 3 aromatic rings. The second-order valence-corrected chi connectivity index (χ2v) is 11.5. The Labute approximate surface area is 238 Å². The monoisotopic (exact) mass is 555 g/mol. The Morgan fingerprint density at radius 2 is 1.90 bits per heavy atom. The Morgan fingerprint density at radius 3 is 2.76 bits per heavy atom. The number of likely N-dealkylation sites (tertiary alicyclic amines) is 1. The van der Waals surface area contributed by atoms with E-state index in [1.807, 2.05) is 18.3 Å². The first-order valence-corrected chi connectivity index (χ1v) is 14.5. The molecule has 5 heterocycles. The van der Waals surface area contributed by atoms with Gasteiger partial charge in [0, 0.05) is 68.9 Å². The van der Waals surface area contributed by atoms with Crippen LogP contribution in [-0.2, 0) is 27.4 Å². The molecule has 0 radical (unpaired) electrons. The van der Waals surface area contributed by atoms with Gasteiger partial charge in [-0.3, -0.25) is 24.6 Å². The van der Waals surface area contributed by atoms with Gasteiger partial charge in [0.05, 0.1) is 5.52 Å². The van der Waals surface area contributed by atoms with Crippen molar-refractivity contribution in [3.05, 3.63) is 65.1 Å². The lowest BCUT2D eigenvalue weighted by atomic mass is 9.99. The molecule has 1 aromatic heterocycles. The van der Waals surface area contributed by atoms with E-state index in [4.69, 9.17) is 14.5 Å². The van der Waals surface area contributed by atoms with Gasteiger partial charge in [-0.15, -0.1) is 0 Å². The number of rotatable bonds is 6. The van der Waals surface area contributed by atoms with E-state index < -0.39 is 11.9 Å². The first kappa shape index (κ1) is 26.0. The molecule has 1 N–H and O–H groups in total. The van der Waals surface area contributed by atoms with Crippen molar-refractivity contribution < 1.29 is 23.9 Å². The smallest absolute Gasteiger partial charge is 0.255 e. The van der Waals surface area contributed by atoms with Gasteiger partial charge in [-0.05, 0) is 67.1 Å². The van der Waals surface area contributed by atoms with E-state index in [0.29, 0.717) is 24.4 Å². The van der Waals surface area contributed by atoms with E-state index in [1.54, 1.807) is 11.0 Å². The summed E-state index contributed by atoms with van der Waals surface area (Å²) in [5.74, 6) is 1.18. The van der Waals surface area contributed by atoms with Crippen LogP contribution in [0.3, 0.4) is 0 Å². The number of piperidine rings is 1. The van der Waals surface area contributed by atoms with Crippen LogP contribution < -0.4 is 10.1 Å². The van der Waals surface area contributed by atoms with Gasteiger partial charge in [0.1, 0.15) is 23.7 Å². The fourth-order valence-electron chi connectivity index (χ4n) is 6.46. The minimum Gasteiger partial charge on any atom is -0.489 e. The van der Waals surface area contributed by atoms with E-state index in [-0.39, 0.29) is 24.3 Å². The van der Waals surface area contributed by atoms with Gasteiger partial charge in [0.15, 0.2) is 0 Å². The number of ether oxygens (including phenoxy) is 2. The topological polar surface area (TPSA) is 114 Å². The molecule has 0 saturated carbocycles. The number of fused-ring (bicyclic) bond motifs is 2. The number of benzene rings is 2. The second-order valence-electron chi connectivity index (χ2n) is 11.5. The zero-order valence-corrected chi connectivity index (χ0v) is 22.9. The maximum atomic E-state index is 13.0. The summed E-state index contributed by atoms with van der Waals surface area (Å²) in [4.78, 5) is 50.3. The van der Waals surface area contributed by atoms with Crippen LogP contribution >= 0.6 is 0 Å². The summed E-state index contributed by atoms with van der Waals surface area (Å²) in [6.07, 6.45) is 5.48. The van der Waals surface area contributed by atoms with Crippen LogP contribution in [0.25, 0.3) is 10.9 Å². The maximum absolute atomic E-state index is 13.0. The SMILES string of the molecule is O=C1CC[C@H](N2Cc3cc(O[C@H]4CCN(Cc5ccc6nc(C7CCOCC7)ncc6c5)C4)ccc3C2=O)C(=O)N1. The summed E-state index contributed by atoms with van der Waals surface area (Å²) in [5.41, 5.74) is 3.66. The number of imide groups is 1. The van der Waals surface area contributed by atoms with Crippen LogP contribution in [0, 0.1) is 0 Å². The van der Waals surface area contributed by atoms with Crippen LogP contribution in [0.4, 0.5) is 0 Å². The molecule has 10 heteroatoms. The molecule has 0 spiro atoms. The van der Waals surface area contributed by atoms with E-state index in [9.17, 15) is 14.4 Å². The molecule has 4 aliphatic rings. The number of hydrogen-bond donors (Lipinski definition) is 1. The molecule has 7 rings (SSSR count). The normalized spacial score (nSPS) is 23.7. The highest BCUT2D eigenvalue weighted by atomic mass is 16.5. The Balaban J connectivity index is 0.960. The number of carbonyl (C=O) groups excluding carboxylic acids is 3. The second kappa shape index (κ2) is 10.8. The number of aromatic nitrogens is 2. The van der Waals surface area contributed by atoms with Gasteiger partial charge in [-0.25, -0.2) is 9.97 Å². The van der Waals surface area contributed by atoms with Crippen molar-refractivity contribution in [2.75, 3.05) is 26.3 Å². The van der Waals surface area contributed by atoms with Crippen molar-refractivity contribution in [2.24, 2.45) is 0 Å². The summed E-state index contributed by atoms with van der Waals surface area (Å²) in [5, 5.41) is 3.41. The fraction of sp³-hybridized carbons (Fsp3) is 0.452. The Morgan fingerprint density at radius 1 is 1.02 bits per heavy atom. The Bertz CT molecular complexity index is 1520. The summed E-state index contributed by atoms with van der Waals surface area (Å²) in [7, 11) is 0. The first-order valence-electron chi connectivity index (χ1n) is 14.5. The molecule has 4 aliphatic heterocycles. The third kappa shape index (κ3) is 5.29. The van der Waals surface area contributed by atoms with Crippen molar-refractivity contribution >= 4 is 28.6 Å². The number of carbonyl (C=O) groups is 3. The predicted molar refractivity (Wildman–Crippen MR) is 149 cm³/mol. The highest BCUT2D eigenvalue weighted by Gasteiger charge is 2.39. The molecule has 0 bridgehead atoms. The number of hydrogen-bond acceptors (Lipinski definition) is 8. The highest BCUT2D eigenvalue weighted by Crippen LogP contribution is 2.31. The third-order valence-corrected chi connectivity index (χ3v) is 8.68. The molecule has 2 aromatic carbocycles. The van der Waals surface area contributed by atoms with Crippen molar-refractivity contribution in [3.8, 4) is 5.75 Å². The minimum atomic E-state index is -0.615. The van der Waals surface area contributed by atoms with Gasteiger partial charge in [0.25, 0.3) is 5.91 Å². The summed E-state index contributed by atoms with van der Waals surface area (Å²) in [6, 6.07) is 11.4. The van der Waals surface area contributed by atoms with Crippen LogP contribution in [0.15, 0.2) is 42.6 Å². The molecule has 0 aliphatic carbocycles. The summed E-state index contributed by atoms with van der Waals surface area (Å²) in [6.45, 7) is 4.49. The van der Waals surface area contributed by atoms with E-state index in [2.05, 4.69) is 33.4 Å². The van der Waals surface area contributed by atoms with Crippen LogP contribution in [0.5, 0.6) is 5.75 Å². The summed E-state index contributed by atoms with van der Waals surface area (Å²) >= 11 is 0. The van der Waals surface area contributed by atoms with Gasteiger partial charge in [0.2, 0.25) is 11.8 Å². The zero-order valence-electron chi connectivity index (χ0n) is 22.9. The van der Waals surface area contributed by atoms with Crippen LogP contribution in [-0.4, -0.2) is 75.9 Å². The van der Waals surface area contributed by atoms with Crippen molar-refractivity contribution in [1.29, 1.82) is 0 Å². The first-order chi connectivity index (χ1) is 20.0. The van der Waals surface area contributed by atoms with Gasteiger partial charge in [-0.2, -0.15) is 0 Å². The lowest BCUT2D eigenvalue weighted by Gasteiger charge is -2.29. The van der Waals surface area contributed by atoms with E-state index in [0.717, 1.165) is 80.2 Å². The lowest BCUT2D eigenvalue weighted by molar-refractivity contribution is -0.136. The quantitative estimate of drug-likeness (QED) is 0.462. The van der Waals surface area contributed by atoms with E-state index in [1.165, 1.54) is 5.56 Å². The Hall–Kier alpha value is -3.89. The molecule has 41 heavy (non-hydrogen) atoms. The average Bonchev–Trinajstić information content (AvgIpc) is 3.56. The van der Waals surface area contributed by atoms with Crippen molar-refractivity contribution in [2.45, 2.75) is 63.3 Å². The molecule has 3 fully saturated rings. The molecular formula is C31H33N5O5. The minimum absolute atomic E-state index is 0.0576. The molecule has 212 valence electrons. The maximum Gasteiger partial charge on any atom is 0.255 e. The molecular weight excluding hydrogens is 522 g/mol. The number of nitrogens with one attached hydrogen (secondary N) is 1. The standard InChI is InChI=1S/C31H33N5O5/c37-28-6-5-27(30(38)34-28)36-17-22-14-23(2-3-25(22)31(36)39)41-24-7-10-35(18-24)16-19-1-4-26-21(13-19)15-32-29(33-26)20-8-11-40-12-9-20/h1-4,13-15,20,24,27H,5-12,16-18H2,(H,34,37,38)/t24-,27-/m0/s1. The lowest BCUT2D eigenvalue weighted by Crippen LogP contribution is -2.52. The van der Waals surface area contributed by atoms with Crippen LogP contribution in [0.1, 0.15) is 65.3 Å². The van der Waals surface area contributed by atoms with E-state index >= 15 is 0 Å². The zero-order chi connectivity index (χ0) is 27.9. The Kier molecular flexibility index (Phi) is 6.88. The average molecular weight is 556 g/mol. The van der Waals surface area contributed by atoms with Crippen LogP contribution in [0.2, 0.25) is 0 Å². The fourth-order valence-corrected chi connectivity index (χ4v) is 6.46. The molecule has 3 saturated heterocycles. The number of amides is 3. The predicted octanol–water partition coefficient (Wildman–Crippen LogP) is 2.94.